The molecule has 0 N–H and O–H groups in total. The van der Waals surface area contributed by atoms with Gasteiger partial charge in [-0.3, -0.25) is 0 Å². The van der Waals surface area contributed by atoms with E-state index >= 15 is 0 Å². The molecule has 7 nitrogen and oxygen atoms in total. The fraction of sp³-hybridized carbons (Fsp3) is 0.220. The van der Waals surface area contributed by atoms with Crippen molar-refractivity contribution >= 4 is 20.9 Å². The Bertz CT molecular complexity index is 2070. The number of para-hydroxylation sites is 1. The van der Waals surface area contributed by atoms with Gasteiger partial charge in [-0.2, -0.15) is 0 Å². The molecule has 1 aromatic heterocycles. The number of aryl methyl sites for hydroxylation is 1. The third-order valence-corrected chi connectivity index (χ3v) is 10.6. The standard InChI is InChI=1S/C41H39NO6S/c1-30-21-23-34(24-22-30)49(43,44)42-25-36(35-19-11-12-20-37(35)42)39-41(47-28-33-17-9-4-10-18-33)40(46-27-32-15-7-3-8-16-32)38(29-48-39)45-26-31-13-5-2-6-14-31/h2-25,38-41H,26-29H2,1H3/t38-,39+,40+,41+/m1/s1. The van der Waals surface area contributed by atoms with Gasteiger partial charge in [0, 0.05) is 17.1 Å². The molecule has 0 aliphatic carbocycles. The van der Waals surface area contributed by atoms with Crippen molar-refractivity contribution in [2.24, 2.45) is 0 Å². The molecule has 6 aromatic rings. The number of ether oxygens (including phenoxy) is 4. The quantitative estimate of drug-likeness (QED) is 0.131. The van der Waals surface area contributed by atoms with E-state index in [9.17, 15) is 8.42 Å². The SMILES string of the molecule is Cc1ccc(S(=O)(=O)n2cc([C@@H]3OC[C@@H](OCc4ccccc4)[C@H](OCc4ccccc4)[C@H]3OCc3ccccc3)c3ccccc32)cc1. The summed E-state index contributed by atoms with van der Waals surface area (Å²) in [6.07, 6.45) is -0.601. The summed E-state index contributed by atoms with van der Waals surface area (Å²) in [6.45, 7) is 3.19. The lowest BCUT2D eigenvalue weighted by Gasteiger charge is -2.42. The Morgan fingerprint density at radius 3 is 1.73 bits per heavy atom. The minimum absolute atomic E-state index is 0.213. The highest BCUT2D eigenvalue weighted by Crippen LogP contribution is 2.40. The maximum absolute atomic E-state index is 14.1. The number of nitrogens with zero attached hydrogens (tertiary/aromatic N) is 1. The second kappa shape index (κ2) is 14.9. The van der Waals surface area contributed by atoms with Crippen LogP contribution in [-0.2, 0) is 48.8 Å². The van der Waals surface area contributed by atoms with Gasteiger partial charge in [-0.15, -0.1) is 0 Å². The van der Waals surface area contributed by atoms with Crippen LogP contribution in [0.4, 0.5) is 0 Å². The van der Waals surface area contributed by atoms with Crippen molar-refractivity contribution in [2.45, 2.75) is 56.1 Å². The third kappa shape index (κ3) is 7.39. The van der Waals surface area contributed by atoms with Gasteiger partial charge in [0.05, 0.1) is 36.8 Å². The molecule has 1 fully saturated rings. The van der Waals surface area contributed by atoms with Crippen molar-refractivity contribution in [1.82, 2.24) is 3.97 Å². The van der Waals surface area contributed by atoms with E-state index in [1.54, 1.807) is 30.5 Å². The average molecular weight is 674 g/mol. The van der Waals surface area contributed by atoms with Gasteiger partial charge >= 0.3 is 0 Å². The largest absolute Gasteiger partial charge is 0.368 e. The van der Waals surface area contributed by atoms with E-state index in [1.807, 2.05) is 122 Å². The number of fused-ring (bicyclic) bond motifs is 1. The van der Waals surface area contributed by atoms with Crippen molar-refractivity contribution in [1.29, 1.82) is 0 Å². The van der Waals surface area contributed by atoms with E-state index in [-0.39, 0.29) is 11.5 Å². The first-order chi connectivity index (χ1) is 24.0. The number of aromatic nitrogens is 1. The van der Waals surface area contributed by atoms with Gasteiger partial charge in [-0.05, 0) is 41.8 Å². The lowest BCUT2D eigenvalue weighted by atomic mass is 9.93. The van der Waals surface area contributed by atoms with E-state index in [4.69, 9.17) is 18.9 Å². The zero-order chi connectivity index (χ0) is 33.6. The molecule has 0 spiro atoms. The zero-order valence-electron chi connectivity index (χ0n) is 27.3. The maximum Gasteiger partial charge on any atom is 0.268 e. The fourth-order valence-corrected chi connectivity index (χ4v) is 7.68. The number of benzene rings is 5. The highest BCUT2D eigenvalue weighted by atomic mass is 32.2. The molecule has 8 heteroatoms. The van der Waals surface area contributed by atoms with Gasteiger partial charge in [-0.1, -0.05) is 127 Å². The first-order valence-electron chi connectivity index (χ1n) is 16.5. The van der Waals surface area contributed by atoms with Gasteiger partial charge in [0.25, 0.3) is 10.0 Å². The molecule has 250 valence electrons. The van der Waals surface area contributed by atoms with Crippen LogP contribution in [0.5, 0.6) is 0 Å². The summed E-state index contributed by atoms with van der Waals surface area (Å²) >= 11 is 0. The van der Waals surface area contributed by atoms with Crippen LogP contribution in [0.1, 0.15) is 33.9 Å². The predicted molar refractivity (Wildman–Crippen MR) is 189 cm³/mol. The maximum atomic E-state index is 14.1. The average Bonchev–Trinajstić information content (AvgIpc) is 3.54. The van der Waals surface area contributed by atoms with Gasteiger partial charge in [0.15, 0.2) is 0 Å². The topological polar surface area (TPSA) is 76.0 Å². The molecule has 2 heterocycles. The summed E-state index contributed by atoms with van der Waals surface area (Å²) in [5.41, 5.74) is 5.32. The van der Waals surface area contributed by atoms with Crippen molar-refractivity contribution in [3.8, 4) is 0 Å². The van der Waals surface area contributed by atoms with Gasteiger partial charge in [-0.25, -0.2) is 12.4 Å². The molecule has 0 saturated carbocycles. The highest BCUT2D eigenvalue weighted by Gasteiger charge is 2.45. The molecule has 4 atom stereocenters. The van der Waals surface area contributed by atoms with Crippen LogP contribution in [0.25, 0.3) is 10.9 Å². The molecule has 7 rings (SSSR count). The van der Waals surface area contributed by atoms with Crippen LogP contribution >= 0.6 is 0 Å². The van der Waals surface area contributed by atoms with Crippen molar-refractivity contribution < 1.29 is 27.4 Å². The molecule has 0 bridgehead atoms. The minimum Gasteiger partial charge on any atom is -0.368 e. The molecule has 5 aromatic carbocycles. The Morgan fingerprint density at radius 2 is 1.14 bits per heavy atom. The lowest BCUT2D eigenvalue weighted by Crippen LogP contribution is -2.52. The second-order valence-corrected chi connectivity index (χ2v) is 14.1. The van der Waals surface area contributed by atoms with Crippen LogP contribution in [-0.4, -0.2) is 37.3 Å². The van der Waals surface area contributed by atoms with Crippen molar-refractivity contribution in [3.63, 3.8) is 0 Å². The zero-order valence-corrected chi connectivity index (χ0v) is 28.1. The monoisotopic (exact) mass is 673 g/mol. The third-order valence-electron chi connectivity index (χ3n) is 8.90. The minimum atomic E-state index is -3.92. The number of rotatable bonds is 12. The summed E-state index contributed by atoms with van der Waals surface area (Å²) < 4.78 is 56.2. The van der Waals surface area contributed by atoms with E-state index in [2.05, 4.69) is 0 Å². The lowest BCUT2D eigenvalue weighted by molar-refractivity contribution is -0.240. The van der Waals surface area contributed by atoms with Crippen LogP contribution in [0.3, 0.4) is 0 Å². The molecule has 0 unspecified atom stereocenters. The Balaban J connectivity index is 1.29. The normalized spacial score (nSPS) is 19.6. The van der Waals surface area contributed by atoms with Gasteiger partial charge < -0.3 is 18.9 Å². The predicted octanol–water partition coefficient (Wildman–Crippen LogP) is 8.01. The molecule has 0 radical (unpaired) electrons. The van der Waals surface area contributed by atoms with Gasteiger partial charge in [0.1, 0.15) is 24.4 Å². The Morgan fingerprint density at radius 1 is 0.633 bits per heavy atom. The number of hydrogen-bond donors (Lipinski definition) is 0. The highest BCUT2D eigenvalue weighted by molar-refractivity contribution is 7.90. The van der Waals surface area contributed by atoms with E-state index in [0.29, 0.717) is 30.9 Å². The first-order valence-corrected chi connectivity index (χ1v) is 17.9. The van der Waals surface area contributed by atoms with E-state index < -0.39 is 34.4 Å². The van der Waals surface area contributed by atoms with E-state index in [1.165, 1.54) is 3.97 Å². The van der Waals surface area contributed by atoms with Crippen LogP contribution < -0.4 is 0 Å². The fourth-order valence-electron chi connectivity index (χ4n) is 6.30. The summed E-state index contributed by atoms with van der Waals surface area (Å²) in [7, 11) is -3.92. The summed E-state index contributed by atoms with van der Waals surface area (Å²) in [5, 5.41) is 0.766. The molecule has 1 aliphatic heterocycles. The van der Waals surface area contributed by atoms with Gasteiger partial charge in [0.2, 0.25) is 0 Å². The summed E-state index contributed by atoms with van der Waals surface area (Å²) in [5.74, 6) is 0. The van der Waals surface area contributed by atoms with Crippen molar-refractivity contribution in [2.75, 3.05) is 6.61 Å². The van der Waals surface area contributed by atoms with E-state index in [0.717, 1.165) is 27.6 Å². The molecule has 0 amide bonds. The molecule has 1 aliphatic rings. The summed E-state index contributed by atoms with van der Waals surface area (Å²) in [4.78, 5) is 0.213. The second-order valence-electron chi connectivity index (χ2n) is 12.3. The van der Waals surface area contributed by atoms with Crippen LogP contribution in [0.2, 0.25) is 0 Å². The molecule has 49 heavy (non-hydrogen) atoms. The Hall–Kier alpha value is -4.57. The summed E-state index contributed by atoms with van der Waals surface area (Å²) in [6, 6.07) is 44.4. The molecular weight excluding hydrogens is 635 g/mol. The van der Waals surface area contributed by atoms with Crippen LogP contribution in [0.15, 0.2) is 151 Å². The Kier molecular flexibility index (Phi) is 10.0. The molecule has 1 saturated heterocycles. The molecular formula is C41H39NO6S. The van der Waals surface area contributed by atoms with Crippen molar-refractivity contribution in [3.05, 3.63) is 174 Å². The smallest absolute Gasteiger partial charge is 0.268 e. The Labute approximate surface area is 287 Å². The first kappa shape index (κ1) is 33.0. The van der Waals surface area contributed by atoms with Crippen LogP contribution in [0, 0.1) is 6.92 Å². The number of hydrogen-bond acceptors (Lipinski definition) is 6.